The van der Waals surface area contributed by atoms with Crippen LogP contribution in [0.1, 0.15) is 12.6 Å². The van der Waals surface area contributed by atoms with Crippen LogP contribution in [0.2, 0.25) is 0 Å². The molecule has 0 aliphatic heterocycles. The van der Waals surface area contributed by atoms with Crippen molar-refractivity contribution in [3.63, 3.8) is 0 Å². The summed E-state index contributed by atoms with van der Waals surface area (Å²) < 4.78 is 1.87. The minimum atomic E-state index is 0.717. The maximum absolute atomic E-state index is 5.04. The number of aryl methyl sites for hydroxylation is 1. The van der Waals surface area contributed by atoms with Crippen LogP contribution in [-0.2, 0) is 13.5 Å². The molecular formula is C9H16N4S. The Morgan fingerprint density at radius 3 is 2.93 bits per heavy atom. The average Bonchev–Trinajstić information content (AvgIpc) is 2.52. The van der Waals surface area contributed by atoms with Gasteiger partial charge in [0.25, 0.3) is 0 Å². The lowest BCUT2D eigenvalue weighted by Gasteiger charge is -2.08. The van der Waals surface area contributed by atoms with Gasteiger partial charge in [0.15, 0.2) is 5.11 Å². The lowest BCUT2D eigenvalue weighted by molar-refractivity contribution is 0.693. The van der Waals surface area contributed by atoms with Gasteiger partial charge < -0.3 is 10.6 Å². The van der Waals surface area contributed by atoms with Gasteiger partial charge in [-0.25, -0.2) is 0 Å². The monoisotopic (exact) mass is 212 g/mol. The number of hydrogen-bond acceptors (Lipinski definition) is 2. The third-order valence-corrected chi connectivity index (χ3v) is 2.22. The number of aromatic nitrogens is 2. The lowest BCUT2D eigenvalue weighted by atomic mass is 10.3. The molecule has 0 aliphatic rings. The van der Waals surface area contributed by atoms with Crippen LogP contribution in [0.25, 0.3) is 0 Å². The molecule has 1 aromatic heterocycles. The second kappa shape index (κ2) is 5.59. The van der Waals surface area contributed by atoms with E-state index in [2.05, 4.69) is 15.7 Å². The fourth-order valence-electron chi connectivity index (χ4n) is 1.17. The molecule has 1 rings (SSSR count). The minimum Gasteiger partial charge on any atom is -0.363 e. The summed E-state index contributed by atoms with van der Waals surface area (Å²) in [5, 5.41) is 11.0. The normalized spacial score (nSPS) is 9.86. The van der Waals surface area contributed by atoms with Crippen LogP contribution < -0.4 is 10.6 Å². The summed E-state index contributed by atoms with van der Waals surface area (Å²) in [6, 6.07) is 2.01. The molecule has 0 unspecified atom stereocenters. The van der Waals surface area contributed by atoms with Crippen molar-refractivity contribution in [2.24, 2.45) is 7.05 Å². The standard InChI is InChI=1S/C9H16N4S/c1-3-10-9(14)11-6-4-8-5-7-12-13(8)2/h5,7H,3-4,6H2,1-2H3,(H2,10,11,14). The predicted octanol–water partition coefficient (Wildman–Crippen LogP) is 0.447. The second-order valence-corrected chi connectivity index (χ2v) is 3.39. The van der Waals surface area contributed by atoms with Gasteiger partial charge in [0.2, 0.25) is 0 Å². The molecule has 78 valence electrons. The lowest BCUT2D eigenvalue weighted by Crippen LogP contribution is -2.36. The molecule has 2 N–H and O–H groups in total. The third kappa shape index (κ3) is 3.33. The molecule has 0 spiro atoms. The molecule has 0 fully saturated rings. The van der Waals surface area contributed by atoms with E-state index in [1.54, 1.807) is 6.20 Å². The Morgan fingerprint density at radius 1 is 1.57 bits per heavy atom. The molecule has 0 saturated heterocycles. The maximum Gasteiger partial charge on any atom is 0.166 e. The van der Waals surface area contributed by atoms with Crippen molar-refractivity contribution in [1.82, 2.24) is 20.4 Å². The van der Waals surface area contributed by atoms with E-state index in [0.717, 1.165) is 24.6 Å². The Labute approximate surface area is 89.7 Å². The quantitative estimate of drug-likeness (QED) is 0.711. The fraction of sp³-hybridized carbons (Fsp3) is 0.556. The first kappa shape index (κ1) is 11.0. The molecule has 0 atom stereocenters. The molecule has 0 radical (unpaired) electrons. The Balaban J connectivity index is 2.22. The maximum atomic E-state index is 5.04. The number of hydrogen-bond donors (Lipinski definition) is 2. The summed E-state index contributed by atoms with van der Waals surface area (Å²) in [5.41, 5.74) is 1.21. The van der Waals surface area contributed by atoms with Gasteiger partial charge in [0.05, 0.1) is 0 Å². The SMILES string of the molecule is CCNC(=S)NCCc1ccnn1C. The van der Waals surface area contributed by atoms with Crippen molar-refractivity contribution >= 4 is 17.3 Å². The number of thiocarbonyl (C=S) groups is 1. The summed E-state index contributed by atoms with van der Waals surface area (Å²) in [6.07, 6.45) is 2.74. The minimum absolute atomic E-state index is 0.717. The first-order valence-electron chi connectivity index (χ1n) is 4.72. The van der Waals surface area contributed by atoms with Crippen molar-refractivity contribution < 1.29 is 0 Å². The highest BCUT2D eigenvalue weighted by Crippen LogP contribution is 1.95. The van der Waals surface area contributed by atoms with Crippen molar-refractivity contribution in [2.45, 2.75) is 13.3 Å². The highest BCUT2D eigenvalue weighted by molar-refractivity contribution is 7.80. The van der Waals surface area contributed by atoms with E-state index in [4.69, 9.17) is 12.2 Å². The summed E-state index contributed by atoms with van der Waals surface area (Å²) in [4.78, 5) is 0. The van der Waals surface area contributed by atoms with E-state index in [0.29, 0.717) is 0 Å². The van der Waals surface area contributed by atoms with Crippen molar-refractivity contribution in [2.75, 3.05) is 13.1 Å². The Hall–Kier alpha value is -1.10. The van der Waals surface area contributed by atoms with E-state index in [1.807, 2.05) is 24.7 Å². The van der Waals surface area contributed by atoms with Crippen LogP contribution in [-0.4, -0.2) is 28.0 Å². The zero-order valence-electron chi connectivity index (χ0n) is 8.58. The summed E-state index contributed by atoms with van der Waals surface area (Å²) in [6.45, 7) is 3.72. The first-order valence-corrected chi connectivity index (χ1v) is 5.13. The van der Waals surface area contributed by atoms with Crippen LogP contribution in [0, 0.1) is 0 Å². The van der Waals surface area contributed by atoms with E-state index >= 15 is 0 Å². The van der Waals surface area contributed by atoms with Gasteiger partial charge in [-0.15, -0.1) is 0 Å². The van der Waals surface area contributed by atoms with Crippen molar-refractivity contribution in [3.8, 4) is 0 Å². The Morgan fingerprint density at radius 2 is 2.36 bits per heavy atom. The van der Waals surface area contributed by atoms with Crippen LogP contribution in [0.4, 0.5) is 0 Å². The predicted molar refractivity (Wildman–Crippen MR) is 61.2 cm³/mol. The number of nitrogens with one attached hydrogen (secondary N) is 2. The first-order chi connectivity index (χ1) is 6.74. The average molecular weight is 212 g/mol. The molecule has 0 aliphatic carbocycles. The smallest absolute Gasteiger partial charge is 0.166 e. The largest absolute Gasteiger partial charge is 0.363 e. The summed E-state index contributed by atoms with van der Waals surface area (Å²) >= 11 is 5.04. The van der Waals surface area contributed by atoms with Gasteiger partial charge >= 0.3 is 0 Å². The van der Waals surface area contributed by atoms with E-state index in [9.17, 15) is 0 Å². The molecule has 1 heterocycles. The fourth-order valence-corrected chi connectivity index (χ4v) is 1.42. The van der Waals surface area contributed by atoms with E-state index in [1.165, 1.54) is 5.69 Å². The Bertz CT molecular complexity index is 295. The number of rotatable bonds is 4. The molecule has 1 aromatic rings. The van der Waals surface area contributed by atoms with Crippen LogP contribution in [0.5, 0.6) is 0 Å². The van der Waals surface area contributed by atoms with Gasteiger partial charge in [-0.1, -0.05) is 0 Å². The number of nitrogens with zero attached hydrogens (tertiary/aromatic N) is 2. The Kier molecular flexibility index (Phi) is 4.39. The molecule has 14 heavy (non-hydrogen) atoms. The zero-order valence-corrected chi connectivity index (χ0v) is 9.40. The molecule has 4 nitrogen and oxygen atoms in total. The third-order valence-electron chi connectivity index (χ3n) is 1.93. The van der Waals surface area contributed by atoms with E-state index in [-0.39, 0.29) is 0 Å². The van der Waals surface area contributed by atoms with Crippen LogP contribution in [0.3, 0.4) is 0 Å². The molecule has 0 bridgehead atoms. The highest BCUT2D eigenvalue weighted by Gasteiger charge is 1.98. The van der Waals surface area contributed by atoms with Crippen molar-refractivity contribution in [3.05, 3.63) is 18.0 Å². The topological polar surface area (TPSA) is 41.9 Å². The van der Waals surface area contributed by atoms with Crippen LogP contribution in [0.15, 0.2) is 12.3 Å². The highest BCUT2D eigenvalue weighted by atomic mass is 32.1. The van der Waals surface area contributed by atoms with Gasteiger partial charge in [-0.2, -0.15) is 5.10 Å². The van der Waals surface area contributed by atoms with Gasteiger partial charge in [0.1, 0.15) is 0 Å². The van der Waals surface area contributed by atoms with Crippen molar-refractivity contribution in [1.29, 1.82) is 0 Å². The molecular weight excluding hydrogens is 196 g/mol. The van der Waals surface area contributed by atoms with Crippen LogP contribution >= 0.6 is 12.2 Å². The second-order valence-electron chi connectivity index (χ2n) is 2.98. The molecule has 0 amide bonds. The van der Waals surface area contributed by atoms with Gasteiger partial charge in [0, 0.05) is 38.4 Å². The summed E-state index contributed by atoms with van der Waals surface area (Å²) in [7, 11) is 1.94. The van der Waals surface area contributed by atoms with Gasteiger partial charge in [-0.05, 0) is 25.2 Å². The van der Waals surface area contributed by atoms with E-state index < -0.39 is 0 Å². The zero-order chi connectivity index (χ0) is 10.4. The summed E-state index contributed by atoms with van der Waals surface area (Å²) in [5.74, 6) is 0. The molecule has 5 heteroatoms. The van der Waals surface area contributed by atoms with Gasteiger partial charge in [-0.3, -0.25) is 4.68 Å². The molecule has 0 aromatic carbocycles. The molecule has 0 saturated carbocycles.